The highest BCUT2D eigenvalue weighted by Crippen LogP contribution is 2.55. The van der Waals surface area contributed by atoms with Gasteiger partial charge in [-0.15, -0.1) is 11.3 Å². The minimum absolute atomic E-state index is 0.0461. The lowest BCUT2D eigenvalue weighted by Gasteiger charge is -2.19. The fourth-order valence-electron chi connectivity index (χ4n) is 4.30. The minimum atomic E-state index is -4.06. The molecule has 0 bridgehead atoms. The van der Waals surface area contributed by atoms with Crippen molar-refractivity contribution in [3.63, 3.8) is 0 Å². The Bertz CT molecular complexity index is 1330. The van der Waals surface area contributed by atoms with E-state index in [-0.39, 0.29) is 23.8 Å². The molecule has 1 amide bonds. The van der Waals surface area contributed by atoms with Gasteiger partial charge in [0.15, 0.2) is 0 Å². The summed E-state index contributed by atoms with van der Waals surface area (Å²) < 4.78 is 29.2. The van der Waals surface area contributed by atoms with Crippen molar-refractivity contribution in [1.29, 1.82) is 0 Å². The number of thiophene rings is 1. The first-order chi connectivity index (χ1) is 16.7. The van der Waals surface area contributed by atoms with Crippen molar-refractivity contribution < 1.29 is 28.2 Å². The monoisotopic (exact) mass is 534 g/mol. The molecular formula is C24H23ClN2O6S2. The summed E-state index contributed by atoms with van der Waals surface area (Å²) in [6.07, 6.45) is -0.137. The molecule has 1 aliphatic carbocycles. The maximum Gasteiger partial charge on any atom is 0.309 e. The second kappa shape index (κ2) is 10.1. The number of halogens is 1. The van der Waals surface area contributed by atoms with Crippen LogP contribution >= 0.6 is 22.9 Å². The lowest BCUT2D eigenvalue weighted by atomic mass is 9.92. The van der Waals surface area contributed by atoms with Crippen LogP contribution in [0.4, 0.5) is 0 Å². The van der Waals surface area contributed by atoms with E-state index in [0.717, 1.165) is 21.8 Å². The Kier molecular flexibility index (Phi) is 7.30. The molecule has 0 aliphatic heterocycles. The van der Waals surface area contributed by atoms with E-state index in [0.29, 0.717) is 10.6 Å². The van der Waals surface area contributed by atoms with Crippen molar-refractivity contribution in [3.8, 4) is 10.4 Å². The van der Waals surface area contributed by atoms with E-state index in [1.165, 1.54) is 6.07 Å². The van der Waals surface area contributed by atoms with Crippen LogP contribution in [-0.4, -0.2) is 49.7 Å². The first-order valence-electron chi connectivity index (χ1n) is 10.7. The van der Waals surface area contributed by atoms with Crippen molar-refractivity contribution in [1.82, 2.24) is 10.0 Å². The predicted octanol–water partition coefficient (Wildman–Crippen LogP) is 2.87. The Labute approximate surface area is 211 Å². The van der Waals surface area contributed by atoms with Gasteiger partial charge < -0.3 is 15.5 Å². The van der Waals surface area contributed by atoms with Crippen LogP contribution in [-0.2, 0) is 25.0 Å². The summed E-state index contributed by atoms with van der Waals surface area (Å²) in [5.74, 6) is -2.72. The highest BCUT2D eigenvalue weighted by molar-refractivity contribution is 7.91. The van der Waals surface area contributed by atoms with Crippen LogP contribution < -0.4 is 10.0 Å². The third-order valence-corrected chi connectivity index (χ3v) is 9.40. The Morgan fingerprint density at radius 3 is 2.34 bits per heavy atom. The maximum atomic E-state index is 13.3. The number of hydrogen-bond donors (Lipinski definition) is 4. The molecule has 8 nitrogen and oxygen atoms in total. The molecule has 35 heavy (non-hydrogen) atoms. The molecule has 1 aromatic heterocycles. The van der Waals surface area contributed by atoms with Gasteiger partial charge >= 0.3 is 5.97 Å². The summed E-state index contributed by atoms with van der Waals surface area (Å²) in [6, 6.07) is 17.8. The normalized spacial score (nSPS) is 21.4. The van der Waals surface area contributed by atoms with E-state index in [9.17, 15) is 23.1 Å². The van der Waals surface area contributed by atoms with Crippen molar-refractivity contribution >= 4 is 44.8 Å². The van der Waals surface area contributed by atoms with Gasteiger partial charge in [0, 0.05) is 34.3 Å². The van der Waals surface area contributed by atoms with Crippen LogP contribution in [0.25, 0.3) is 10.4 Å². The fraction of sp³-hybridized carbons (Fsp3) is 0.250. The number of hydrogen-bond acceptors (Lipinski definition) is 6. The molecule has 184 valence electrons. The molecule has 1 saturated carbocycles. The summed E-state index contributed by atoms with van der Waals surface area (Å²) in [5.41, 5.74) is 0.222. The summed E-state index contributed by atoms with van der Waals surface area (Å²) in [5, 5.41) is 22.2. The number of benzene rings is 2. The van der Waals surface area contributed by atoms with Crippen LogP contribution in [0.3, 0.4) is 0 Å². The number of carboxylic acid groups (broad SMARTS) is 1. The van der Waals surface area contributed by atoms with Gasteiger partial charge in [0.05, 0.1) is 12.5 Å². The number of carboxylic acids is 1. The first-order valence-corrected chi connectivity index (χ1v) is 13.4. The molecule has 4 rings (SSSR count). The second-order valence-corrected chi connectivity index (χ2v) is 11.7. The highest BCUT2D eigenvalue weighted by Gasteiger charge is 2.70. The molecule has 1 fully saturated rings. The molecule has 0 saturated heterocycles. The SMILES string of the molecule is O=C(CCO)NC[C@@]1(c2ccccc2)C(C(=O)O)[C@H]1NS(=O)(=O)c1ccc(-c2ccc(Cl)cc2)s1. The van der Waals surface area contributed by atoms with Crippen LogP contribution in [0.1, 0.15) is 12.0 Å². The molecule has 3 aromatic rings. The zero-order chi connectivity index (χ0) is 25.2. The summed E-state index contributed by atoms with van der Waals surface area (Å²) >= 11 is 6.99. The lowest BCUT2D eigenvalue weighted by Crippen LogP contribution is -2.39. The molecule has 3 atom stereocenters. The Morgan fingerprint density at radius 1 is 1.03 bits per heavy atom. The fourth-order valence-corrected chi connectivity index (χ4v) is 7.06. The molecule has 1 unspecified atom stereocenters. The average Bonchev–Trinajstić information content (AvgIpc) is 3.18. The van der Waals surface area contributed by atoms with E-state index in [2.05, 4.69) is 10.0 Å². The van der Waals surface area contributed by atoms with Gasteiger partial charge in [-0.2, -0.15) is 0 Å². The quantitative estimate of drug-likeness (QED) is 0.316. The standard InChI is InChI=1S/C24H23ClN2O6S2/c25-17-8-6-15(7-9-17)18-10-11-20(34-18)35(32,33)27-22-21(23(30)31)24(22,14-26-19(29)12-13-28)16-4-2-1-3-5-16/h1-11,21-22,27-28H,12-14H2,(H,26,29)(H,30,31)/t21?,22-,24-/m1/s1. The second-order valence-electron chi connectivity index (χ2n) is 8.20. The van der Waals surface area contributed by atoms with Gasteiger partial charge in [-0.3, -0.25) is 9.59 Å². The van der Waals surface area contributed by atoms with E-state index >= 15 is 0 Å². The van der Waals surface area contributed by atoms with Crippen LogP contribution in [0.5, 0.6) is 0 Å². The molecule has 4 N–H and O–H groups in total. The van der Waals surface area contributed by atoms with Gasteiger partial charge in [0.1, 0.15) is 4.21 Å². The summed E-state index contributed by atoms with van der Waals surface area (Å²) in [6.45, 7) is -0.447. The van der Waals surface area contributed by atoms with Gasteiger partial charge in [0.2, 0.25) is 15.9 Å². The van der Waals surface area contributed by atoms with E-state index < -0.39 is 39.3 Å². The van der Waals surface area contributed by atoms with Crippen molar-refractivity contribution in [3.05, 3.63) is 77.3 Å². The topological polar surface area (TPSA) is 133 Å². The van der Waals surface area contributed by atoms with Crippen molar-refractivity contribution in [2.45, 2.75) is 22.1 Å². The summed E-state index contributed by atoms with van der Waals surface area (Å²) in [7, 11) is -4.06. The van der Waals surface area contributed by atoms with Crippen LogP contribution in [0, 0.1) is 5.92 Å². The number of nitrogens with one attached hydrogen (secondary N) is 2. The minimum Gasteiger partial charge on any atom is -0.481 e. The van der Waals surface area contributed by atoms with E-state index in [4.69, 9.17) is 16.7 Å². The first kappa shape index (κ1) is 25.3. The predicted molar refractivity (Wildman–Crippen MR) is 133 cm³/mol. The molecular weight excluding hydrogens is 512 g/mol. The number of amides is 1. The lowest BCUT2D eigenvalue weighted by molar-refractivity contribution is -0.139. The Hall–Kier alpha value is -2.76. The maximum absolute atomic E-state index is 13.3. The zero-order valence-corrected chi connectivity index (χ0v) is 20.7. The van der Waals surface area contributed by atoms with Crippen molar-refractivity contribution in [2.75, 3.05) is 13.2 Å². The molecule has 1 heterocycles. The Balaban J connectivity index is 1.63. The van der Waals surface area contributed by atoms with Gasteiger partial charge in [-0.25, -0.2) is 13.1 Å². The number of rotatable bonds is 10. The molecule has 0 spiro atoms. The number of aliphatic hydroxyl groups excluding tert-OH is 1. The number of aliphatic carboxylic acids is 1. The molecule has 2 aromatic carbocycles. The van der Waals surface area contributed by atoms with Gasteiger partial charge in [0.25, 0.3) is 0 Å². The van der Waals surface area contributed by atoms with E-state index in [1.54, 1.807) is 60.7 Å². The van der Waals surface area contributed by atoms with Crippen LogP contribution in [0.15, 0.2) is 70.9 Å². The largest absolute Gasteiger partial charge is 0.481 e. The number of carbonyl (C=O) groups excluding carboxylic acids is 1. The third-order valence-electron chi connectivity index (χ3n) is 6.09. The highest BCUT2D eigenvalue weighted by atomic mass is 35.5. The number of carbonyl (C=O) groups is 2. The molecule has 11 heteroatoms. The molecule has 1 aliphatic rings. The average molecular weight is 535 g/mol. The number of aliphatic hydroxyl groups is 1. The van der Waals surface area contributed by atoms with Crippen molar-refractivity contribution in [2.24, 2.45) is 5.92 Å². The summed E-state index contributed by atoms with van der Waals surface area (Å²) in [4.78, 5) is 24.9. The number of sulfonamides is 1. The molecule has 0 radical (unpaired) electrons. The zero-order valence-electron chi connectivity index (χ0n) is 18.3. The van der Waals surface area contributed by atoms with E-state index in [1.807, 2.05) is 0 Å². The Morgan fingerprint density at radius 2 is 1.71 bits per heavy atom. The van der Waals surface area contributed by atoms with Gasteiger partial charge in [-0.1, -0.05) is 54.1 Å². The van der Waals surface area contributed by atoms with Crippen LogP contribution in [0.2, 0.25) is 5.02 Å². The smallest absolute Gasteiger partial charge is 0.309 e. The third kappa shape index (κ3) is 5.12. The van der Waals surface area contributed by atoms with Gasteiger partial charge in [-0.05, 0) is 35.4 Å².